The third-order valence-electron chi connectivity index (χ3n) is 2.39. The summed E-state index contributed by atoms with van der Waals surface area (Å²) in [7, 11) is 0. The third-order valence-corrected chi connectivity index (χ3v) is 4.32. The molecule has 2 N–H and O–H groups in total. The van der Waals surface area contributed by atoms with Gasteiger partial charge in [0, 0.05) is 15.9 Å². The van der Waals surface area contributed by atoms with Crippen molar-refractivity contribution in [1.82, 2.24) is 15.0 Å². The zero-order chi connectivity index (χ0) is 15.2. The molecule has 0 saturated carbocycles. The summed E-state index contributed by atoms with van der Waals surface area (Å²) < 4.78 is 6.64. The Morgan fingerprint density at radius 3 is 2.52 bits per heavy atom. The second kappa shape index (κ2) is 7.56. The number of aromatic nitrogens is 3. The molecule has 0 bridgehead atoms. The largest absolute Gasteiger partial charge is 0.461 e. The molecule has 21 heavy (non-hydrogen) atoms. The lowest BCUT2D eigenvalue weighted by atomic mass is 10.5. The van der Waals surface area contributed by atoms with E-state index < -0.39 is 0 Å². The highest BCUT2D eigenvalue weighted by atomic mass is 79.9. The van der Waals surface area contributed by atoms with Crippen LogP contribution in [0.2, 0.25) is 0 Å². The minimum Gasteiger partial charge on any atom is -0.461 e. The van der Waals surface area contributed by atoms with Gasteiger partial charge >= 0.3 is 6.01 Å². The normalized spacial score (nSPS) is 10.7. The number of hydrogen-bond acceptors (Lipinski definition) is 7. The molecular formula is C13H18BrN5OS. The first-order chi connectivity index (χ1) is 10.1. The molecule has 0 aliphatic carbocycles. The Morgan fingerprint density at radius 1 is 1.24 bits per heavy atom. The Bertz CT molecular complexity index is 590. The molecular weight excluding hydrogens is 354 g/mol. The number of nitrogens with one attached hydrogen (secondary N) is 2. The maximum atomic E-state index is 5.55. The molecule has 0 unspecified atom stereocenters. The van der Waals surface area contributed by atoms with E-state index in [1.54, 1.807) is 11.3 Å². The molecule has 0 atom stereocenters. The standard InChI is InChI=1S/C13H18BrN5OS/c1-4-15-11-17-12(19-13(18-11)20-8(2)3)16-7-10-9(14)5-6-21-10/h5-6,8H,4,7H2,1-3H3,(H2,15,16,17,18,19). The smallest absolute Gasteiger partial charge is 0.323 e. The zero-order valence-corrected chi connectivity index (χ0v) is 14.6. The van der Waals surface area contributed by atoms with Crippen LogP contribution in [0.1, 0.15) is 25.6 Å². The van der Waals surface area contributed by atoms with E-state index in [0.717, 1.165) is 11.0 Å². The molecule has 0 amide bonds. The molecule has 0 aliphatic rings. The second-order valence-corrected chi connectivity index (χ2v) is 6.36. The molecule has 8 heteroatoms. The summed E-state index contributed by atoms with van der Waals surface area (Å²) in [6, 6.07) is 2.34. The van der Waals surface area contributed by atoms with E-state index in [2.05, 4.69) is 41.5 Å². The van der Waals surface area contributed by atoms with Gasteiger partial charge in [0.1, 0.15) is 0 Å². The molecule has 2 aromatic heterocycles. The van der Waals surface area contributed by atoms with E-state index >= 15 is 0 Å². The maximum Gasteiger partial charge on any atom is 0.323 e. The van der Waals surface area contributed by atoms with Crippen molar-refractivity contribution in [1.29, 1.82) is 0 Å². The van der Waals surface area contributed by atoms with Gasteiger partial charge in [-0.2, -0.15) is 15.0 Å². The van der Waals surface area contributed by atoms with Gasteiger partial charge in [-0.1, -0.05) is 0 Å². The molecule has 2 heterocycles. The summed E-state index contributed by atoms with van der Waals surface area (Å²) in [4.78, 5) is 14.0. The van der Waals surface area contributed by atoms with Crippen LogP contribution in [0.15, 0.2) is 15.9 Å². The van der Waals surface area contributed by atoms with E-state index in [1.807, 2.05) is 32.2 Å². The summed E-state index contributed by atoms with van der Waals surface area (Å²) in [5.41, 5.74) is 0. The zero-order valence-electron chi connectivity index (χ0n) is 12.2. The fourth-order valence-corrected chi connectivity index (χ4v) is 2.98. The van der Waals surface area contributed by atoms with E-state index in [-0.39, 0.29) is 6.10 Å². The van der Waals surface area contributed by atoms with Crippen molar-refractivity contribution < 1.29 is 4.74 Å². The van der Waals surface area contributed by atoms with Crippen LogP contribution in [0.4, 0.5) is 11.9 Å². The van der Waals surface area contributed by atoms with Crippen LogP contribution in [0.5, 0.6) is 6.01 Å². The SMILES string of the molecule is CCNc1nc(NCc2sccc2Br)nc(OC(C)C)n1. The summed E-state index contributed by atoms with van der Waals surface area (Å²) >= 11 is 5.18. The lowest BCUT2D eigenvalue weighted by Gasteiger charge is -2.11. The number of nitrogens with zero attached hydrogens (tertiary/aromatic N) is 3. The van der Waals surface area contributed by atoms with Crippen LogP contribution in [0.3, 0.4) is 0 Å². The lowest BCUT2D eigenvalue weighted by Crippen LogP contribution is -2.13. The molecule has 0 spiro atoms. The highest BCUT2D eigenvalue weighted by Gasteiger charge is 2.09. The average Bonchev–Trinajstić information content (AvgIpc) is 2.81. The number of anilines is 2. The number of ether oxygens (including phenoxy) is 1. The van der Waals surface area contributed by atoms with E-state index in [0.29, 0.717) is 24.5 Å². The van der Waals surface area contributed by atoms with Crippen LogP contribution in [0.25, 0.3) is 0 Å². The van der Waals surface area contributed by atoms with E-state index in [1.165, 1.54) is 4.88 Å². The highest BCUT2D eigenvalue weighted by Crippen LogP contribution is 2.23. The fourth-order valence-electron chi connectivity index (χ4n) is 1.55. The first-order valence-corrected chi connectivity index (χ1v) is 8.38. The van der Waals surface area contributed by atoms with Crippen molar-refractivity contribution >= 4 is 39.2 Å². The second-order valence-electron chi connectivity index (χ2n) is 4.51. The summed E-state index contributed by atoms with van der Waals surface area (Å²) in [6.07, 6.45) is 0.0150. The number of hydrogen-bond donors (Lipinski definition) is 2. The summed E-state index contributed by atoms with van der Waals surface area (Å²) in [5.74, 6) is 1.01. The maximum absolute atomic E-state index is 5.55. The summed E-state index contributed by atoms with van der Waals surface area (Å²) in [5, 5.41) is 8.31. The van der Waals surface area contributed by atoms with Crippen molar-refractivity contribution in [3.05, 3.63) is 20.8 Å². The Hall–Kier alpha value is -1.41. The van der Waals surface area contributed by atoms with Gasteiger partial charge < -0.3 is 15.4 Å². The van der Waals surface area contributed by atoms with Gasteiger partial charge in [0.2, 0.25) is 11.9 Å². The Kier molecular flexibility index (Phi) is 5.75. The van der Waals surface area contributed by atoms with Crippen molar-refractivity contribution in [2.75, 3.05) is 17.2 Å². The van der Waals surface area contributed by atoms with Gasteiger partial charge in [-0.3, -0.25) is 0 Å². The van der Waals surface area contributed by atoms with Crippen LogP contribution in [-0.2, 0) is 6.54 Å². The molecule has 2 aromatic rings. The van der Waals surface area contributed by atoms with Gasteiger partial charge in [-0.15, -0.1) is 11.3 Å². The van der Waals surface area contributed by atoms with Gasteiger partial charge in [0.25, 0.3) is 0 Å². The fraction of sp³-hybridized carbons (Fsp3) is 0.462. The number of thiophene rings is 1. The predicted octanol–water partition coefficient (Wildman–Crippen LogP) is 3.53. The van der Waals surface area contributed by atoms with Gasteiger partial charge in [-0.25, -0.2) is 0 Å². The van der Waals surface area contributed by atoms with Crippen molar-refractivity contribution in [3.8, 4) is 6.01 Å². The first-order valence-electron chi connectivity index (χ1n) is 6.70. The first kappa shape index (κ1) is 16.0. The van der Waals surface area contributed by atoms with Gasteiger partial charge in [-0.05, 0) is 48.1 Å². The van der Waals surface area contributed by atoms with Crippen molar-refractivity contribution in [3.63, 3.8) is 0 Å². The summed E-state index contributed by atoms with van der Waals surface area (Å²) in [6.45, 7) is 7.25. The molecule has 0 aromatic carbocycles. The predicted molar refractivity (Wildman–Crippen MR) is 89.1 cm³/mol. The molecule has 0 saturated heterocycles. The highest BCUT2D eigenvalue weighted by molar-refractivity contribution is 9.10. The molecule has 114 valence electrons. The Labute approximate surface area is 136 Å². The van der Waals surface area contributed by atoms with Gasteiger partial charge in [0.15, 0.2) is 0 Å². The van der Waals surface area contributed by atoms with Crippen molar-refractivity contribution in [2.45, 2.75) is 33.4 Å². The minimum absolute atomic E-state index is 0.0150. The monoisotopic (exact) mass is 371 g/mol. The number of halogens is 1. The van der Waals surface area contributed by atoms with Crippen LogP contribution < -0.4 is 15.4 Å². The van der Waals surface area contributed by atoms with Crippen LogP contribution >= 0.6 is 27.3 Å². The Morgan fingerprint density at radius 2 is 1.95 bits per heavy atom. The number of rotatable bonds is 7. The molecule has 0 aliphatic heterocycles. The quantitative estimate of drug-likeness (QED) is 0.775. The van der Waals surface area contributed by atoms with Crippen molar-refractivity contribution in [2.24, 2.45) is 0 Å². The topological polar surface area (TPSA) is 72.0 Å². The molecule has 2 rings (SSSR count). The van der Waals surface area contributed by atoms with E-state index in [4.69, 9.17) is 4.74 Å². The van der Waals surface area contributed by atoms with Crippen LogP contribution in [0, 0.1) is 0 Å². The molecule has 0 fully saturated rings. The van der Waals surface area contributed by atoms with E-state index in [9.17, 15) is 0 Å². The average molecular weight is 372 g/mol. The van der Waals surface area contributed by atoms with Crippen LogP contribution in [-0.4, -0.2) is 27.6 Å². The minimum atomic E-state index is 0.0150. The molecule has 6 nitrogen and oxygen atoms in total. The van der Waals surface area contributed by atoms with Gasteiger partial charge in [0.05, 0.1) is 12.6 Å². The lowest BCUT2D eigenvalue weighted by molar-refractivity contribution is 0.222. The third kappa shape index (κ3) is 4.82. The Balaban J connectivity index is 2.13. The molecule has 0 radical (unpaired) electrons.